The second-order valence-corrected chi connectivity index (χ2v) is 4.38. The summed E-state index contributed by atoms with van der Waals surface area (Å²) in [4.78, 5) is 11.7. The third-order valence-electron chi connectivity index (χ3n) is 3.24. The maximum atomic E-state index is 11.7. The fourth-order valence-corrected chi connectivity index (χ4v) is 2.18. The first kappa shape index (κ1) is 12.8. The molecule has 1 amide bonds. The summed E-state index contributed by atoms with van der Waals surface area (Å²) in [7, 11) is 0. The molecule has 5 heteroatoms. The van der Waals surface area contributed by atoms with E-state index >= 15 is 0 Å². The average molecular weight is 227 g/mol. The highest BCUT2D eigenvalue weighted by molar-refractivity contribution is 6.01. The fourth-order valence-electron chi connectivity index (χ4n) is 2.18. The Labute approximate surface area is 96.1 Å². The van der Waals surface area contributed by atoms with Gasteiger partial charge in [0.25, 0.3) is 0 Å². The van der Waals surface area contributed by atoms with Gasteiger partial charge in [-0.1, -0.05) is 24.9 Å². The first-order chi connectivity index (χ1) is 7.69. The van der Waals surface area contributed by atoms with Crippen molar-refractivity contribution < 1.29 is 10.0 Å². The molecule has 1 rings (SSSR count). The standard InChI is InChI=1S/C11H21N3O2/c1-2-9(10(12)14-16)11(15)13-7-8-5-3-4-6-8/h8-9,16H,2-7H2,1H3,(H2,12,14)(H,13,15). The van der Waals surface area contributed by atoms with Gasteiger partial charge in [-0.25, -0.2) is 0 Å². The number of amidine groups is 1. The Morgan fingerprint density at radius 3 is 2.69 bits per heavy atom. The van der Waals surface area contributed by atoms with E-state index in [-0.39, 0.29) is 11.7 Å². The van der Waals surface area contributed by atoms with Crippen LogP contribution < -0.4 is 11.1 Å². The van der Waals surface area contributed by atoms with Crippen LogP contribution >= 0.6 is 0 Å². The number of rotatable bonds is 5. The van der Waals surface area contributed by atoms with Crippen molar-refractivity contribution in [1.82, 2.24) is 5.32 Å². The summed E-state index contributed by atoms with van der Waals surface area (Å²) in [6.07, 6.45) is 5.46. The van der Waals surface area contributed by atoms with Gasteiger partial charge in [-0.05, 0) is 25.2 Å². The molecule has 5 nitrogen and oxygen atoms in total. The Morgan fingerprint density at radius 1 is 1.56 bits per heavy atom. The van der Waals surface area contributed by atoms with Crippen molar-refractivity contribution >= 4 is 11.7 Å². The molecule has 0 aliphatic heterocycles. The molecule has 0 heterocycles. The molecule has 1 fully saturated rings. The van der Waals surface area contributed by atoms with Gasteiger partial charge in [-0.3, -0.25) is 4.79 Å². The van der Waals surface area contributed by atoms with Gasteiger partial charge in [-0.15, -0.1) is 0 Å². The largest absolute Gasteiger partial charge is 0.409 e. The lowest BCUT2D eigenvalue weighted by Gasteiger charge is -2.15. The number of nitrogens with two attached hydrogens (primary N) is 1. The zero-order chi connectivity index (χ0) is 12.0. The predicted molar refractivity (Wildman–Crippen MR) is 62.2 cm³/mol. The lowest BCUT2D eigenvalue weighted by atomic mass is 10.0. The maximum Gasteiger partial charge on any atom is 0.230 e. The van der Waals surface area contributed by atoms with Crippen LogP contribution in [0.5, 0.6) is 0 Å². The van der Waals surface area contributed by atoms with Crippen molar-refractivity contribution in [3.05, 3.63) is 0 Å². The van der Waals surface area contributed by atoms with Gasteiger partial charge in [0, 0.05) is 6.54 Å². The Morgan fingerprint density at radius 2 is 2.19 bits per heavy atom. The van der Waals surface area contributed by atoms with E-state index in [0.717, 1.165) is 0 Å². The van der Waals surface area contributed by atoms with E-state index in [4.69, 9.17) is 10.9 Å². The first-order valence-electron chi connectivity index (χ1n) is 5.94. The van der Waals surface area contributed by atoms with Gasteiger partial charge < -0.3 is 16.3 Å². The summed E-state index contributed by atoms with van der Waals surface area (Å²) < 4.78 is 0. The van der Waals surface area contributed by atoms with Crippen LogP contribution in [0.15, 0.2) is 5.16 Å². The summed E-state index contributed by atoms with van der Waals surface area (Å²) in [5.41, 5.74) is 5.45. The third-order valence-corrected chi connectivity index (χ3v) is 3.24. The highest BCUT2D eigenvalue weighted by Gasteiger charge is 2.22. The summed E-state index contributed by atoms with van der Waals surface area (Å²) in [6, 6.07) is 0. The molecule has 92 valence electrons. The molecular formula is C11H21N3O2. The molecule has 0 bridgehead atoms. The summed E-state index contributed by atoms with van der Waals surface area (Å²) in [6.45, 7) is 2.56. The Balaban J connectivity index is 2.37. The smallest absolute Gasteiger partial charge is 0.230 e. The van der Waals surface area contributed by atoms with Crippen molar-refractivity contribution in [3.63, 3.8) is 0 Å². The van der Waals surface area contributed by atoms with E-state index in [1.54, 1.807) is 0 Å². The van der Waals surface area contributed by atoms with Crippen LogP contribution in [0, 0.1) is 11.8 Å². The molecule has 1 atom stereocenters. The van der Waals surface area contributed by atoms with Gasteiger partial charge in [0.15, 0.2) is 5.84 Å². The van der Waals surface area contributed by atoms with E-state index in [1.165, 1.54) is 25.7 Å². The highest BCUT2D eigenvalue weighted by atomic mass is 16.4. The van der Waals surface area contributed by atoms with Gasteiger partial charge in [-0.2, -0.15) is 0 Å². The van der Waals surface area contributed by atoms with Gasteiger partial charge >= 0.3 is 0 Å². The maximum absolute atomic E-state index is 11.7. The lowest BCUT2D eigenvalue weighted by molar-refractivity contribution is -0.123. The van der Waals surface area contributed by atoms with Crippen molar-refractivity contribution in [2.45, 2.75) is 39.0 Å². The number of nitrogens with one attached hydrogen (secondary N) is 1. The molecule has 0 aromatic heterocycles. The fraction of sp³-hybridized carbons (Fsp3) is 0.818. The van der Waals surface area contributed by atoms with Crippen molar-refractivity contribution in [3.8, 4) is 0 Å². The van der Waals surface area contributed by atoms with Crippen LogP contribution in [0.25, 0.3) is 0 Å². The highest BCUT2D eigenvalue weighted by Crippen LogP contribution is 2.23. The van der Waals surface area contributed by atoms with E-state index in [1.807, 2.05) is 6.92 Å². The number of carbonyl (C=O) groups is 1. The van der Waals surface area contributed by atoms with Crippen molar-refractivity contribution in [2.75, 3.05) is 6.54 Å². The number of carbonyl (C=O) groups excluding carboxylic acids is 1. The summed E-state index contributed by atoms with van der Waals surface area (Å²) in [5.74, 6) is -0.0451. The molecule has 1 unspecified atom stereocenters. The second-order valence-electron chi connectivity index (χ2n) is 4.38. The first-order valence-corrected chi connectivity index (χ1v) is 5.94. The minimum absolute atomic E-state index is 0.00794. The van der Waals surface area contributed by atoms with Crippen LogP contribution in [0.3, 0.4) is 0 Å². The lowest BCUT2D eigenvalue weighted by Crippen LogP contribution is -2.40. The third kappa shape index (κ3) is 3.40. The van der Waals surface area contributed by atoms with Gasteiger partial charge in [0.2, 0.25) is 5.91 Å². The molecular weight excluding hydrogens is 206 g/mol. The summed E-state index contributed by atoms with van der Waals surface area (Å²) in [5, 5.41) is 14.3. The number of amides is 1. The van der Waals surface area contributed by atoms with E-state index in [2.05, 4.69) is 10.5 Å². The monoisotopic (exact) mass is 227 g/mol. The normalized spacial score (nSPS) is 19.7. The number of oxime groups is 1. The number of hydrogen-bond donors (Lipinski definition) is 3. The minimum Gasteiger partial charge on any atom is -0.409 e. The van der Waals surface area contributed by atoms with Gasteiger partial charge in [0.05, 0.1) is 5.92 Å². The zero-order valence-electron chi connectivity index (χ0n) is 9.78. The number of nitrogens with zero attached hydrogens (tertiary/aromatic N) is 1. The average Bonchev–Trinajstić information content (AvgIpc) is 2.79. The molecule has 4 N–H and O–H groups in total. The van der Waals surface area contributed by atoms with Crippen molar-refractivity contribution in [2.24, 2.45) is 22.7 Å². The Hall–Kier alpha value is -1.26. The molecule has 0 aromatic rings. The molecule has 16 heavy (non-hydrogen) atoms. The predicted octanol–water partition coefficient (Wildman–Crippen LogP) is 1.07. The molecule has 0 aromatic carbocycles. The molecule has 0 saturated heterocycles. The molecule has 0 spiro atoms. The Kier molecular flexibility index (Phi) is 5.08. The van der Waals surface area contributed by atoms with Crippen LogP contribution in [0.4, 0.5) is 0 Å². The van der Waals surface area contributed by atoms with E-state index < -0.39 is 5.92 Å². The number of hydrogen-bond acceptors (Lipinski definition) is 3. The SMILES string of the molecule is CCC(C(=O)NCC1CCCC1)C(N)=NO. The van der Waals surface area contributed by atoms with Crippen LogP contribution in [-0.4, -0.2) is 23.5 Å². The van der Waals surface area contributed by atoms with Gasteiger partial charge in [0.1, 0.15) is 0 Å². The molecule has 1 aliphatic rings. The van der Waals surface area contributed by atoms with Crippen LogP contribution in [0.1, 0.15) is 39.0 Å². The van der Waals surface area contributed by atoms with E-state index in [9.17, 15) is 4.79 Å². The van der Waals surface area contributed by atoms with E-state index in [0.29, 0.717) is 18.9 Å². The van der Waals surface area contributed by atoms with Crippen molar-refractivity contribution in [1.29, 1.82) is 0 Å². The van der Waals surface area contributed by atoms with Crippen LogP contribution in [-0.2, 0) is 4.79 Å². The topological polar surface area (TPSA) is 87.7 Å². The zero-order valence-corrected chi connectivity index (χ0v) is 9.78. The minimum atomic E-state index is -0.508. The quantitative estimate of drug-likeness (QED) is 0.284. The molecule has 1 saturated carbocycles. The second kappa shape index (κ2) is 6.35. The summed E-state index contributed by atoms with van der Waals surface area (Å²) >= 11 is 0. The Bertz CT molecular complexity index is 260. The molecule has 0 radical (unpaired) electrons. The van der Waals surface area contributed by atoms with Crippen LogP contribution in [0.2, 0.25) is 0 Å². The molecule has 1 aliphatic carbocycles.